The van der Waals surface area contributed by atoms with Crippen LogP contribution in [0.5, 0.6) is 0 Å². The third-order valence-electron chi connectivity index (χ3n) is 1.94. The molecule has 4 radical (unpaired) electrons. The number of hydrogen-bond acceptors (Lipinski definition) is 1. The summed E-state index contributed by atoms with van der Waals surface area (Å²) in [7, 11) is 0. The lowest BCUT2D eigenvalue weighted by molar-refractivity contribution is 0.346. The summed E-state index contributed by atoms with van der Waals surface area (Å²) in [6, 6.07) is 0. The Labute approximate surface area is 58.0 Å². The minimum Gasteiger partial charge on any atom is -0.303 e. The van der Waals surface area contributed by atoms with Gasteiger partial charge in [0.1, 0.15) is 0 Å². The lowest BCUT2D eigenvalue weighted by Crippen LogP contribution is -2.19. The topological polar surface area (TPSA) is 3.24 Å². The fourth-order valence-corrected chi connectivity index (χ4v) is 1.20. The van der Waals surface area contributed by atoms with Crippen LogP contribution in [0, 0.1) is 25.7 Å². The number of nitrogens with zero attached hydrogens (tertiary/aromatic N) is 1. The molecule has 0 aliphatic carbocycles. The summed E-state index contributed by atoms with van der Waals surface area (Å²) in [6.07, 6.45) is 0. The first-order valence-corrected chi connectivity index (χ1v) is 3.47. The molecule has 1 rings (SSSR count). The molecule has 0 amide bonds. The number of hydrogen-bond donors (Lipinski definition) is 0. The molecule has 0 aromatic carbocycles. The van der Waals surface area contributed by atoms with Crippen molar-refractivity contribution in [3.05, 3.63) is 13.8 Å². The van der Waals surface area contributed by atoms with Gasteiger partial charge in [0.2, 0.25) is 0 Å². The SMILES string of the molecule is [CH]C1CN(CC)CC1[CH]. The van der Waals surface area contributed by atoms with Crippen molar-refractivity contribution in [2.75, 3.05) is 19.6 Å². The molecule has 0 aromatic rings. The van der Waals surface area contributed by atoms with Crippen molar-refractivity contribution in [1.82, 2.24) is 4.90 Å². The highest BCUT2D eigenvalue weighted by Crippen LogP contribution is 2.20. The molecule has 0 spiro atoms. The van der Waals surface area contributed by atoms with E-state index in [1.165, 1.54) is 0 Å². The molecule has 2 atom stereocenters. The van der Waals surface area contributed by atoms with Crippen molar-refractivity contribution in [3.8, 4) is 0 Å². The smallest absolute Gasteiger partial charge is 0.00158 e. The average Bonchev–Trinajstić information content (AvgIpc) is 2.13. The van der Waals surface area contributed by atoms with Gasteiger partial charge in [-0.2, -0.15) is 0 Å². The Bertz CT molecular complexity index is 80.6. The van der Waals surface area contributed by atoms with Crippen LogP contribution in [0.2, 0.25) is 0 Å². The second-order valence-electron chi connectivity index (χ2n) is 2.68. The van der Waals surface area contributed by atoms with Crippen LogP contribution in [-0.2, 0) is 0 Å². The lowest BCUT2D eigenvalue weighted by atomic mass is 10.0. The van der Waals surface area contributed by atoms with Gasteiger partial charge in [-0.1, -0.05) is 6.92 Å². The molecule has 50 valence electrons. The summed E-state index contributed by atoms with van der Waals surface area (Å²) in [5, 5.41) is 0. The fraction of sp³-hybridized carbons (Fsp3) is 0.750. The molecule has 1 heterocycles. The molecule has 9 heavy (non-hydrogen) atoms. The first-order valence-electron chi connectivity index (χ1n) is 3.47. The summed E-state index contributed by atoms with van der Waals surface area (Å²) >= 11 is 0. The predicted octanol–water partition coefficient (Wildman–Crippen LogP) is 0.976. The van der Waals surface area contributed by atoms with Crippen molar-refractivity contribution in [3.63, 3.8) is 0 Å². The van der Waals surface area contributed by atoms with Crippen molar-refractivity contribution >= 4 is 0 Å². The van der Waals surface area contributed by atoms with Crippen molar-refractivity contribution in [1.29, 1.82) is 0 Å². The van der Waals surface area contributed by atoms with Crippen LogP contribution in [0.1, 0.15) is 6.92 Å². The molecule has 1 heteroatoms. The molecule has 1 fully saturated rings. The molecule has 1 nitrogen and oxygen atoms in total. The van der Waals surface area contributed by atoms with Gasteiger partial charge in [0, 0.05) is 13.1 Å². The molecule has 0 aromatic heterocycles. The third-order valence-corrected chi connectivity index (χ3v) is 1.94. The minimum atomic E-state index is 0.199. The lowest BCUT2D eigenvalue weighted by Gasteiger charge is -2.09. The summed E-state index contributed by atoms with van der Waals surface area (Å²) in [5.41, 5.74) is 0. The van der Waals surface area contributed by atoms with Crippen LogP contribution in [0.4, 0.5) is 0 Å². The minimum absolute atomic E-state index is 0.199. The van der Waals surface area contributed by atoms with Gasteiger partial charge < -0.3 is 4.90 Å². The average molecular weight is 123 g/mol. The van der Waals surface area contributed by atoms with E-state index in [2.05, 4.69) is 11.8 Å². The van der Waals surface area contributed by atoms with Gasteiger partial charge in [0.25, 0.3) is 0 Å². The van der Waals surface area contributed by atoms with E-state index in [1.54, 1.807) is 0 Å². The highest BCUT2D eigenvalue weighted by atomic mass is 15.1. The van der Waals surface area contributed by atoms with Gasteiger partial charge in [-0.3, -0.25) is 0 Å². The number of rotatable bonds is 1. The molecule has 0 bridgehead atoms. The van der Waals surface area contributed by atoms with Crippen LogP contribution in [0.25, 0.3) is 0 Å². The maximum Gasteiger partial charge on any atom is 0.00158 e. The van der Waals surface area contributed by atoms with Crippen LogP contribution in [0.3, 0.4) is 0 Å². The first kappa shape index (κ1) is 7.07. The maximum atomic E-state index is 5.68. The maximum absolute atomic E-state index is 5.68. The van der Waals surface area contributed by atoms with Crippen molar-refractivity contribution in [2.45, 2.75) is 6.92 Å². The Kier molecular flexibility index (Phi) is 2.12. The van der Waals surface area contributed by atoms with Crippen LogP contribution in [-0.4, -0.2) is 24.5 Å². The molecule has 1 aliphatic rings. The van der Waals surface area contributed by atoms with E-state index in [9.17, 15) is 0 Å². The van der Waals surface area contributed by atoms with Gasteiger partial charge in [0.15, 0.2) is 0 Å². The zero-order valence-corrected chi connectivity index (χ0v) is 5.88. The monoisotopic (exact) mass is 123 g/mol. The van der Waals surface area contributed by atoms with E-state index < -0.39 is 0 Å². The van der Waals surface area contributed by atoms with E-state index in [0.29, 0.717) is 0 Å². The van der Waals surface area contributed by atoms with E-state index in [0.717, 1.165) is 19.6 Å². The summed E-state index contributed by atoms with van der Waals surface area (Å²) < 4.78 is 0. The second kappa shape index (κ2) is 2.70. The first-order chi connectivity index (χ1) is 4.24. The van der Waals surface area contributed by atoms with Crippen molar-refractivity contribution < 1.29 is 0 Å². The van der Waals surface area contributed by atoms with Gasteiger partial charge in [-0.25, -0.2) is 0 Å². The summed E-state index contributed by atoms with van der Waals surface area (Å²) in [6.45, 7) is 16.5. The number of likely N-dealkylation sites (tertiary alicyclic amines) is 1. The van der Waals surface area contributed by atoms with Crippen LogP contribution in [0.15, 0.2) is 0 Å². The predicted molar refractivity (Wildman–Crippen MR) is 37.7 cm³/mol. The van der Waals surface area contributed by atoms with E-state index in [-0.39, 0.29) is 11.8 Å². The van der Waals surface area contributed by atoms with Crippen LogP contribution >= 0.6 is 0 Å². The van der Waals surface area contributed by atoms with Crippen molar-refractivity contribution in [2.24, 2.45) is 11.8 Å². The second-order valence-corrected chi connectivity index (χ2v) is 2.68. The van der Waals surface area contributed by atoms with Gasteiger partial charge >= 0.3 is 0 Å². The standard InChI is InChI=1S/C8H13N/c1-4-9-5-7(2)8(3)6-9/h2-3,7-8H,4-6H2,1H3. The molecular weight excluding hydrogens is 110 g/mol. The Balaban J connectivity index is 2.35. The Morgan fingerprint density at radius 3 is 2.00 bits per heavy atom. The highest BCUT2D eigenvalue weighted by molar-refractivity contribution is 4.85. The van der Waals surface area contributed by atoms with Gasteiger partial charge in [-0.05, 0) is 32.2 Å². The summed E-state index contributed by atoms with van der Waals surface area (Å²) in [4.78, 5) is 2.27. The largest absolute Gasteiger partial charge is 0.303 e. The normalized spacial score (nSPS) is 37.7. The van der Waals surface area contributed by atoms with Gasteiger partial charge in [0.05, 0.1) is 0 Å². The van der Waals surface area contributed by atoms with E-state index in [1.807, 2.05) is 0 Å². The molecule has 1 aliphatic heterocycles. The molecule has 1 saturated heterocycles. The van der Waals surface area contributed by atoms with Crippen LogP contribution < -0.4 is 0 Å². The summed E-state index contributed by atoms with van der Waals surface area (Å²) in [5.74, 6) is 0.398. The quantitative estimate of drug-likeness (QED) is 0.502. The molecule has 0 saturated carbocycles. The molecule has 2 unspecified atom stereocenters. The Hall–Kier alpha value is -0.0400. The van der Waals surface area contributed by atoms with E-state index in [4.69, 9.17) is 13.8 Å². The highest BCUT2D eigenvalue weighted by Gasteiger charge is 2.24. The third kappa shape index (κ3) is 1.45. The zero-order valence-electron chi connectivity index (χ0n) is 5.88. The van der Waals surface area contributed by atoms with Gasteiger partial charge in [-0.15, -0.1) is 0 Å². The fourth-order valence-electron chi connectivity index (χ4n) is 1.20. The zero-order chi connectivity index (χ0) is 6.85. The Morgan fingerprint density at radius 2 is 1.78 bits per heavy atom. The van der Waals surface area contributed by atoms with E-state index >= 15 is 0 Å². The Morgan fingerprint density at radius 1 is 1.33 bits per heavy atom. The molecular formula is C8H13N. The molecule has 0 N–H and O–H groups in total.